The molecule has 1 saturated heterocycles. The third kappa shape index (κ3) is 6.04. The minimum Gasteiger partial charge on any atom is -0.480 e. The number of aromatic amines is 1. The normalized spacial score (nSPS) is 15.1. The third-order valence-corrected chi connectivity index (χ3v) is 6.27. The van der Waals surface area contributed by atoms with Crippen LogP contribution in [0.1, 0.15) is 38.1 Å². The summed E-state index contributed by atoms with van der Waals surface area (Å²) in [4.78, 5) is 38.9. The van der Waals surface area contributed by atoms with E-state index >= 15 is 0 Å². The van der Waals surface area contributed by atoms with E-state index < -0.39 is 6.04 Å². The molecule has 1 fully saturated rings. The molecule has 0 bridgehead atoms. The molecule has 9 nitrogen and oxygen atoms in total. The van der Waals surface area contributed by atoms with Crippen LogP contribution in [-0.4, -0.2) is 72.0 Å². The first-order valence-corrected chi connectivity index (χ1v) is 12.1. The van der Waals surface area contributed by atoms with Gasteiger partial charge in [-0.1, -0.05) is 25.1 Å². The van der Waals surface area contributed by atoms with Gasteiger partial charge in [-0.3, -0.25) is 9.59 Å². The Balaban J connectivity index is 1.51. The topological polar surface area (TPSA) is 109 Å². The number of ether oxygens (including phenoxy) is 2. The Kier molecular flexibility index (Phi) is 8.09. The zero-order valence-corrected chi connectivity index (χ0v) is 20.5. The molecule has 1 aliphatic heterocycles. The van der Waals surface area contributed by atoms with Crippen molar-refractivity contribution in [2.24, 2.45) is 5.92 Å². The van der Waals surface area contributed by atoms with Gasteiger partial charge in [0.15, 0.2) is 0 Å². The van der Waals surface area contributed by atoms with Gasteiger partial charge in [0.1, 0.15) is 17.6 Å². The number of methoxy groups -OCH3 is 1. The number of amides is 1. The second kappa shape index (κ2) is 11.4. The highest BCUT2D eigenvalue weighted by atomic mass is 16.5. The van der Waals surface area contributed by atoms with E-state index in [1.165, 1.54) is 0 Å². The Morgan fingerprint density at radius 1 is 1.29 bits per heavy atom. The number of ketones is 1. The smallest absolute Gasteiger partial charge is 0.226 e. The fourth-order valence-corrected chi connectivity index (χ4v) is 4.19. The van der Waals surface area contributed by atoms with Crippen LogP contribution in [0.5, 0.6) is 5.88 Å². The van der Waals surface area contributed by atoms with Crippen LogP contribution in [0.25, 0.3) is 22.2 Å². The summed E-state index contributed by atoms with van der Waals surface area (Å²) >= 11 is 0. The summed E-state index contributed by atoms with van der Waals surface area (Å²) < 4.78 is 11.4. The number of likely N-dealkylation sites (tertiary alicyclic amines) is 1. The summed E-state index contributed by atoms with van der Waals surface area (Å²) in [7, 11) is 3.58. The number of para-hydroxylation sites is 1. The number of aromatic nitrogens is 3. The van der Waals surface area contributed by atoms with Gasteiger partial charge in [-0.05, 0) is 25.6 Å². The summed E-state index contributed by atoms with van der Waals surface area (Å²) in [5, 5.41) is 4.08. The van der Waals surface area contributed by atoms with Crippen molar-refractivity contribution in [1.29, 1.82) is 0 Å². The highest BCUT2D eigenvalue weighted by Crippen LogP contribution is 2.31. The molecule has 4 rings (SSSR count). The SMILES string of the molecule is CCC(=O)CCCOCC(NC(=O)C1CN(C)C1)c1ncc(-c2cc3ccccc3nc2OC)[nH]1. The Morgan fingerprint density at radius 3 is 2.83 bits per heavy atom. The van der Waals surface area contributed by atoms with Gasteiger partial charge in [-0.25, -0.2) is 9.97 Å². The van der Waals surface area contributed by atoms with Gasteiger partial charge in [-0.2, -0.15) is 0 Å². The molecular formula is C26H33N5O4. The maximum atomic E-state index is 12.8. The highest BCUT2D eigenvalue weighted by Gasteiger charge is 2.32. The monoisotopic (exact) mass is 479 g/mol. The van der Waals surface area contributed by atoms with Crippen molar-refractivity contribution >= 4 is 22.6 Å². The number of carbonyl (C=O) groups excluding carboxylic acids is 2. The Hall–Kier alpha value is -3.30. The molecule has 1 aromatic carbocycles. The molecular weight excluding hydrogens is 446 g/mol. The van der Waals surface area contributed by atoms with Crippen molar-refractivity contribution in [3.63, 3.8) is 0 Å². The number of fused-ring (bicyclic) bond motifs is 1. The molecule has 1 aliphatic rings. The summed E-state index contributed by atoms with van der Waals surface area (Å²) in [6.07, 6.45) is 3.42. The van der Waals surface area contributed by atoms with Crippen molar-refractivity contribution in [3.05, 3.63) is 42.4 Å². The average Bonchev–Trinajstić information content (AvgIpc) is 3.34. The molecule has 1 amide bonds. The number of carbonyl (C=O) groups is 2. The Labute approximate surface area is 205 Å². The second-order valence-electron chi connectivity index (χ2n) is 8.97. The average molecular weight is 480 g/mol. The van der Waals surface area contributed by atoms with Crippen LogP contribution >= 0.6 is 0 Å². The molecule has 3 heterocycles. The molecule has 2 N–H and O–H groups in total. The summed E-state index contributed by atoms with van der Waals surface area (Å²) in [6, 6.07) is 9.41. The van der Waals surface area contributed by atoms with Crippen LogP contribution in [0.4, 0.5) is 0 Å². The van der Waals surface area contributed by atoms with E-state index in [2.05, 4.69) is 25.2 Å². The van der Waals surface area contributed by atoms with Crippen LogP contribution in [0.15, 0.2) is 36.5 Å². The fraction of sp³-hybridized carbons (Fsp3) is 0.462. The molecule has 0 spiro atoms. The Bertz CT molecular complexity index is 1170. The lowest BCUT2D eigenvalue weighted by atomic mass is 10.00. The van der Waals surface area contributed by atoms with Gasteiger partial charge in [0, 0.05) is 37.9 Å². The van der Waals surface area contributed by atoms with Crippen LogP contribution in [0.2, 0.25) is 0 Å². The van der Waals surface area contributed by atoms with E-state index in [0.717, 1.165) is 35.2 Å². The molecule has 1 atom stereocenters. The molecule has 0 radical (unpaired) electrons. The molecule has 3 aromatic rings. The number of nitrogens with one attached hydrogen (secondary N) is 2. The van der Waals surface area contributed by atoms with Crippen molar-refractivity contribution in [2.45, 2.75) is 32.2 Å². The number of hydrogen-bond acceptors (Lipinski definition) is 7. The van der Waals surface area contributed by atoms with Crippen molar-refractivity contribution in [3.8, 4) is 17.1 Å². The number of pyridine rings is 1. The lowest BCUT2D eigenvalue weighted by Crippen LogP contribution is -2.52. The molecule has 0 aliphatic carbocycles. The van der Waals surface area contributed by atoms with E-state index in [1.54, 1.807) is 13.3 Å². The lowest BCUT2D eigenvalue weighted by Gasteiger charge is -2.35. The Morgan fingerprint density at radius 2 is 2.09 bits per heavy atom. The molecule has 2 aromatic heterocycles. The van der Waals surface area contributed by atoms with Gasteiger partial charge >= 0.3 is 0 Å². The number of Topliss-reactive ketones (excluding diaryl/α,β-unsaturated/α-hetero) is 1. The first kappa shape index (κ1) is 24.8. The zero-order valence-electron chi connectivity index (χ0n) is 20.5. The second-order valence-corrected chi connectivity index (χ2v) is 8.97. The third-order valence-electron chi connectivity index (χ3n) is 6.27. The predicted molar refractivity (Wildman–Crippen MR) is 133 cm³/mol. The van der Waals surface area contributed by atoms with E-state index in [1.807, 2.05) is 44.3 Å². The number of rotatable bonds is 12. The van der Waals surface area contributed by atoms with E-state index in [-0.39, 0.29) is 24.2 Å². The van der Waals surface area contributed by atoms with E-state index in [9.17, 15) is 9.59 Å². The van der Waals surface area contributed by atoms with Gasteiger partial charge in [0.25, 0.3) is 0 Å². The fourth-order valence-electron chi connectivity index (χ4n) is 4.19. The molecule has 35 heavy (non-hydrogen) atoms. The molecule has 1 unspecified atom stereocenters. The number of benzene rings is 1. The predicted octanol–water partition coefficient (Wildman–Crippen LogP) is 3.13. The summed E-state index contributed by atoms with van der Waals surface area (Å²) in [6.45, 7) is 4.04. The number of nitrogens with zero attached hydrogens (tertiary/aromatic N) is 3. The number of hydrogen-bond donors (Lipinski definition) is 2. The van der Waals surface area contributed by atoms with Gasteiger partial charge < -0.3 is 24.7 Å². The van der Waals surface area contributed by atoms with Gasteiger partial charge in [0.05, 0.1) is 42.6 Å². The summed E-state index contributed by atoms with van der Waals surface area (Å²) in [5.74, 6) is 1.26. The van der Waals surface area contributed by atoms with E-state index in [0.29, 0.717) is 37.6 Å². The minimum atomic E-state index is -0.441. The lowest BCUT2D eigenvalue weighted by molar-refractivity contribution is -0.130. The maximum absolute atomic E-state index is 12.8. The van der Waals surface area contributed by atoms with Gasteiger partial charge in [-0.15, -0.1) is 0 Å². The minimum absolute atomic E-state index is 0.0132. The van der Waals surface area contributed by atoms with E-state index in [4.69, 9.17) is 9.47 Å². The zero-order chi connectivity index (χ0) is 24.8. The largest absolute Gasteiger partial charge is 0.480 e. The number of imidazole rings is 1. The van der Waals surface area contributed by atoms with Crippen molar-refractivity contribution < 1.29 is 19.1 Å². The standard InChI is InChI=1S/C26H33N5O4/c1-4-19(32)9-7-11-35-16-23(29-25(33)18-14-31(2)15-18)24-27-13-22(28-24)20-12-17-8-5-6-10-21(17)30-26(20)34-3/h5-6,8,10,12-13,18,23H,4,7,9,11,14-16H2,1-3H3,(H,27,28)(H,29,33). The number of H-pyrrole nitrogens is 1. The van der Waals surface area contributed by atoms with Gasteiger partial charge in [0.2, 0.25) is 11.8 Å². The molecule has 186 valence electrons. The first-order chi connectivity index (χ1) is 17.0. The van der Waals surface area contributed by atoms with Crippen LogP contribution in [0.3, 0.4) is 0 Å². The van der Waals surface area contributed by atoms with Crippen LogP contribution in [-0.2, 0) is 14.3 Å². The van der Waals surface area contributed by atoms with Crippen LogP contribution < -0.4 is 10.1 Å². The van der Waals surface area contributed by atoms with Crippen molar-refractivity contribution in [1.82, 2.24) is 25.2 Å². The van der Waals surface area contributed by atoms with Crippen molar-refractivity contribution in [2.75, 3.05) is 40.5 Å². The highest BCUT2D eigenvalue weighted by molar-refractivity contribution is 5.85. The van der Waals surface area contributed by atoms with Crippen LogP contribution in [0, 0.1) is 5.92 Å². The summed E-state index contributed by atoms with van der Waals surface area (Å²) in [5.41, 5.74) is 2.37. The maximum Gasteiger partial charge on any atom is 0.226 e. The molecule has 9 heteroatoms. The quantitative estimate of drug-likeness (QED) is 0.384. The first-order valence-electron chi connectivity index (χ1n) is 12.1. The molecule has 0 saturated carbocycles.